The Kier molecular flexibility index (Phi) is 6.75. The molecule has 2 aromatic heterocycles. The number of rotatable bonds is 9. The number of esters is 1. The van der Waals surface area contributed by atoms with Crippen LogP contribution in [0.4, 0.5) is 5.69 Å². The standard InChI is InChI=1S/C29H31N3O3S/c33-29(22-6-7-22)35-28-11-9-21-8-10-23(20-25(21)30-28)34-18-2-1-13-31-14-16-32(17-15-31)26-4-3-5-27-24(26)12-19-36-27/h3-5,8-12,19-20,22H,1-2,6-7,13-18H2. The summed E-state index contributed by atoms with van der Waals surface area (Å²) >= 11 is 1.82. The molecule has 1 aliphatic heterocycles. The Bertz CT molecular complexity index is 1360. The molecule has 1 aliphatic carbocycles. The highest BCUT2D eigenvalue weighted by Crippen LogP contribution is 2.32. The first kappa shape index (κ1) is 23.3. The van der Waals surface area contributed by atoms with Gasteiger partial charge in [-0.1, -0.05) is 6.07 Å². The van der Waals surface area contributed by atoms with Crippen molar-refractivity contribution in [3.8, 4) is 11.6 Å². The first-order valence-electron chi connectivity index (χ1n) is 12.9. The summed E-state index contributed by atoms with van der Waals surface area (Å²) in [6.45, 7) is 6.15. The SMILES string of the molecule is O=C(Oc1ccc2ccc(OCCCCN3CCN(c4cccc5sccc45)CC3)cc2n1)C1CC1. The third-order valence-corrected chi connectivity index (χ3v) is 7.96. The zero-order valence-electron chi connectivity index (χ0n) is 20.4. The lowest BCUT2D eigenvalue weighted by molar-refractivity contribution is -0.136. The average Bonchev–Trinajstić information content (AvgIpc) is 3.65. The summed E-state index contributed by atoms with van der Waals surface area (Å²) in [7, 11) is 0. The number of piperazine rings is 1. The molecule has 4 aromatic rings. The Balaban J connectivity index is 0.941. The fourth-order valence-electron chi connectivity index (χ4n) is 4.82. The number of carbonyl (C=O) groups excluding carboxylic acids is 1. The molecule has 0 bridgehead atoms. The van der Waals surface area contributed by atoms with E-state index in [4.69, 9.17) is 9.47 Å². The van der Waals surface area contributed by atoms with Crippen molar-refractivity contribution in [3.63, 3.8) is 0 Å². The van der Waals surface area contributed by atoms with Gasteiger partial charge < -0.3 is 14.4 Å². The highest BCUT2D eigenvalue weighted by atomic mass is 32.1. The van der Waals surface area contributed by atoms with E-state index >= 15 is 0 Å². The van der Waals surface area contributed by atoms with Crippen molar-refractivity contribution in [2.24, 2.45) is 5.92 Å². The molecular weight excluding hydrogens is 470 g/mol. The minimum Gasteiger partial charge on any atom is -0.494 e. The Hall–Kier alpha value is -3.16. The molecule has 7 heteroatoms. The van der Waals surface area contributed by atoms with E-state index in [1.165, 1.54) is 15.8 Å². The van der Waals surface area contributed by atoms with E-state index in [-0.39, 0.29) is 11.9 Å². The normalized spacial score (nSPS) is 16.5. The van der Waals surface area contributed by atoms with Crippen LogP contribution in [0.15, 0.2) is 60.0 Å². The van der Waals surface area contributed by atoms with E-state index in [0.29, 0.717) is 12.5 Å². The Morgan fingerprint density at radius 3 is 2.72 bits per heavy atom. The van der Waals surface area contributed by atoms with Crippen LogP contribution in [0.5, 0.6) is 11.6 Å². The van der Waals surface area contributed by atoms with Crippen molar-refractivity contribution in [1.29, 1.82) is 0 Å². The first-order valence-corrected chi connectivity index (χ1v) is 13.8. The predicted octanol–water partition coefficient (Wildman–Crippen LogP) is 5.75. The van der Waals surface area contributed by atoms with Crippen LogP contribution in [0.1, 0.15) is 25.7 Å². The van der Waals surface area contributed by atoms with E-state index in [0.717, 1.165) is 75.1 Å². The molecule has 0 N–H and O–H groups in total. The molecule has 3 heterocycles. The fraction of sp³-hybridized carbons (Fsp3) is 0.379. The smallest absolute Gasteiger partial charge is 0.315 e. The molecular formula is C29H31N3O3S. The third-order valence-electron chi connectivity index (χ3n) is 7.08. The molecule has 1 saturated heterocycles. The summed E-state index contributed by atoms with van der Waals surface area (Å²) in [6, 6.07) is 18.5. The molecule has 2 fully saturated rings. The lowest BCUT2D eigenvalue weighted by atomic mass is 10.2. The van der Waals surface area contributed by atoms with Gasteiger partial charge in [-0.3, -0.25) is 9.69 Å². The predicted molar refractivity (Wildman–Crippen MR) is 145 cm³/mol. The van der Waals surface area contributed by atoms with Crippen LogP contribution in [0.25, 0.3) is 21.0 Å². The third kappa shape index (κ3) is 5.32. The molecule has 2 aliphatic rings. The minimum absolute atomic E-state index is 0.0575. The highest BCUT2D eigenvalue weighted by molar-refractivity contribution is 7.17. The number of hydrogen-bond acceptors (Lipinski definition) is 7. The summed E-state index contributed by atoms with van der Waals surface area (Å²) in [5, 5.41) is 4.57. The van der Waals surface area contributed by atoms with Gasteiger partial charge in [0, 0.05) is 59.5 Å². The number of ether oxygens (including phenoxy) is 2. The van der Waals surface area contributed by atoms with Crippen LogP contribution >= 0.6 is 11.3 Å². The van der Waals surface area contributed by atoms with Gasteiger partial charge >= 0.3 is 5.97 Å². The summed E-state index contributed by atoms with van der Waals surface area (Å²) in [4.78, 5) is 21.5. The van der Waals surface area contributed by atoms with Gasteiger partial charge in [0.1, 0.15) is 5.75 Å². The zero-order valence-corrected chi connectivity index (χ0v) is 21.2. The maximum Gasteiger partial charge on any atom is 0.315 e. The van der Waals surface area contributed by atoms with Crippen molar-refractivity contribution < 1.29 is 14.3 Å². The monoisotopic (exact) mass is 501 g/mol. The number of hydrogen-bond donors (Lipinski definition) is 0. The number of aromatic nitrogens is 1. The second-order valence-electron chi connectivity index (χ2n) is 9.69. The van der Waals surface area contributed by atoms with Crippen LogP contribution in [-0.4, -0.2) is 55.2 Å². The van der Waals surface area contributed by atoms with Crippen molar-refractivity contribution in [1.82, 2.24) is 9.88 Å². The Labute approximate surface area is 215 Å². The van der Waals surface area contributed by atoms with Gasteiger partial charge in [-0.2, -0.15) is 0 Å². The summed E-state index contributed by atoms with van der Waals surface area (Å²) in [5.41, 5.74) is 2.16. The minimum atomic E-state index is -0.171. The van der Waals surface area contributed by atoms with E-state index in [1.54, 1.807) is 6.07 Å². The number of benzene rings is 2. The fourth-order valence-corrected chi connectivity index (χ4v) is 5.63. The molecule has 2 aromatic carbocycles. The number of unbranched alkanes of at least 4 members (excludes halogenated alkanes) is 1. The Morgan fingerprint density at radius 1 is 1.00 bits per heavy atom. The van der Waals surface area contributed by atoms with Crippen molar-refractivity contribution in [2.45, 2.75) is 25.7 Å². The molecule has 0 amide bonds. The van der Waals surface area contributed by atoms with Gasteiger partial charge in [0.25, 0.3) is 0 Å². The van der Waals surface area contributed by atoms with Crippen molar-refractivity contribution in [3.05, 3.63) is 60.0 Å². The molecule has 186 valence electrons. The van der Waals surface area contributed by atoms with Crippen LogP contribution in [0, 0.1) is 5.92 Å². The van der Waals surface area contributed by atoms with Crippen LogP contribution < -0.4 is 14.4 Å². The Morgan fingerprint density at radius 2 is 1.86 bits per heavy atom. The summed E-state index contributed by atoms with van der Waals surface area (Å²) < 4.78 is 12.8. The van der Waals surface area contributed by atoms with E-state index in [1.807, 2.05) is 35.6 Å². The molecule has 6 nitrogen and oxygen atoms in total. The first-order chi connectivity index (χ1) is 17.7. The van der Waals surface area contributed by atoms with E-state index in [2.05, 4.69) is 44.4 Å². The largest absolute Gasteiger partial charge is 0.494 e. The number of nitrogens with zero attached hydrogens (tertiary/aromatic N) is 3. The molecule has 0 radical (unpaired) electrons. The lowest BCUT2D eigenvalue weighted by Gasteiger charge is -2.36. The van der Waals surface area contributed by atoms with Gasteiger partial charge in [0.2, 0.25) is 5.88 Å². The van der Waals surface area contributed by atoms with Crippen LogP contribution in [0.3, 0.4) is 0 Å². The topological polar surface area (TPSA) is 54.9 Å². The summed E-state index contributed by atoms with van der Waals surface area (Å²) in [5.74, 6) is 1.05. The molecule has 36 heavy (non-hydrogen) atoms. The van der Waals surface area contributed by atoms with E-state index < -0.39 is 0 Å². The van der Waals surface area contributed by atoms with Crippen LogP contribution in [0.2, 0.25) is 0 Å². The number of thiophene rings is 1. The van der Waals surface area contributed by atoms with Gasteiger partial charge in [0.05, 0.1) is 18.0 Å². The molecule has 0 spiro atoms. The van der Waals surface area contributed by atoms with E-state index in [9.17, 15) is 4.79 Å². The van der Waals surface area contributed by atoms with Gasteiger partial charge in [0.15, 0.2) is 0 Å². The highest BCUT2D eigenvalue weighted by Gasteiger charge is 2.31. The van der Waals surface area contributed by atoms with Gasteiger partial charge in [-0.05, 0) is 74.0 Å². The number of carbonyl (C=O) groups is 1. The molecule has 6 rings (SSSR count). The quantitative estimate of drug-likeness (QED) is 0.215. The number of anilines is 1. The van der Waals surface area contributed by atoms with Crippen molar-refractivity contribution >= 4 is 44.0 Å². The van der Waals surface area contributed by atoms with Gasteiger partial charge in [-0.15, -0.1) is 11.3 Å². The second kappa shape index (κ2) is 10.4. The molecule has 0 atom stereocenters. The maximum atomic E-state index is 11.9. The van der Waals surface area contributed by atoms with Crippen LogP contribution in [-0.2, 0) is 4.79 Å². The average molecular weight is 502 g/mol. The zero-order chi connectivity index (χ0) is 24.3. The molecule has 0 unspecified atom stereocenters. The maximum absolute atomic E-state index is 11.9. The number of pyridine rings is 1. The van der Waals surface area contributed by atoms with Crippen molar-refractivity contribution in [2.75, 3.05) is 44.2 Å². The summed E-state index contributed by atoms with van der Waals surface area (Å²) in [6.07, 6.45) is 3.98. The molecule has 1 saturated carbocycles. The van der Waals surface area contributed by atoms with Gasteiger partial charge in [-0.25, -0.2) is 4.98 Å². The number of fused-ring (bicyclic) bond motifs is 2. The second-order valence-corrected chi connectivity index (χ2v) is 10.6. The lowest BCUT2D eigenvalue weighted by Crippen LogP contribution is -2.46.